The summed E-state index contributed by atoms with van der Waals surface area (Å²) in [6, 6.07) is 13.6. The molecule has 0 aliphatic carbocycles. The van der Waals surface area contributed by atoms with Gasteiger partial charge in [-0.2, -0.15) is 0 Å². The monoisotopic (exact) mass is 288 g/mol. The van der Waals surface area contributed by atoms with Crippen LogP contribution in [0.3, 0.4) is 0 Å². The third kappa shape index (κ3) is 3.92. The van der Waals surface area contributed by atoms with Gasteiger partial charge in [-0.3, -0.25) is 4.79 Å². The van der Waals surface area contributed by atoms with Crippen LogP contribution in [0.1, 0.15) is 29.8 Å². The van der Waals surface area contributed by atoms with Gasteiger partial charge in [0.2, 0.25) is 5.91 Å². The number of nitrogens with two attached hydrogens (primary N) is 1. The van der Waals surface area contributed by atoms with Crippen LogP contribution in [-0.4, -0.2) is 17.4 Å². The van der Waals surface area contributed by atoms with Crippen LogP contribution in [0.25, 0.3) is 0 Å². The van der Waals surface area contributed by atoms with E-state index in [1.165, 1.54) is 4.88 Å². The van der Waals surface area contributed by atoms with Gasteiger partial charge < -0.3 is 10.6 Å². The molecule has 2 N–H and O–H groups in total. The molecule has 0 aliphatic rings. The Morgan fingerprint density at radius 1 is 1.25 bits per heavy atom. The maximum Gasteiger partial charge on any atom is 0.224 e. The predicted molar refractivity (Wildman–Crippen MR) is 83.4 cm³/mol. The van der Waals surface area contributed by atoms with Gasteiger partial charge in [-0.05, 0) is 23.9 Å². The zero-order valence-corrected chi connectivity index (χ0v) is 12.5. The van der Waals surface area contributed by atoms with Gasteiger partial charge in [0.1, 0.15) is 0 Å². The first-order chi connectivity index (χ1) is 9.70. The SMILES string of the molecule is CCN(Cc1cccs1)C(=O)CC(N)c1ccccc1. The Labute approximate surface area is 124 Å². The van der Waals surface area contributed by atoms with Crippen LogP contribution in [0, 0.1) is 0 Å². The molecule has 1 aromatic heterocycles. The lowest BCUT2D eigenvalue weighted by Gasteiger charge is -2.22. The Hall–Kier alpha value is -1.65. The van der Waals surface area contributed by atoms with Crippen molar-refractivity contribution in [2.24, 2.45) is 5.73 Å². The van der Waals surface area contributed by atoms with Crippen molar-refractivity contribution in [3.05, 3.63) is 58.3 Å². The summed E-state index contributed by atoms with van der Waals surface area (Å²) in [4.78, 5) is 15.4. The number of hydrogen-bond acceptors (Lipinski definition) is 3. The molecule has 0 bridgehead atoms. The van der Waals surface area contributed by atoms with E-state index in [1.807, 2.05) is 53.6 Å². The molecule has 2 rings (SSSR count). The molecule has 106 valence electrons. The molecule has 20 heavy (non-hydrogen) atoms. The highest BCUT2D eigenvalue weighted by atomic mass is 32.1. The molecule has 1 amide bonds. The molecule has 1 unspecified atom stereocenters. The van der Waals surface area contributed by atoms with Gasteiger partial charge in [-0.25, -0.2) is 0 Å². The second-order valence-corrected chi connectivity index (χ2v) is 5.74. The number of benzene rings is 1. The fraction of sp³-hybridized carbons (Fsp3) is 0.312. The predicted octanol–water partition coefficient (Wildman–Crippen LogP) is 3.19. The summed E-state index contributed by atoms with van der Waals surface area (Å²) in [5.74, 6) is 0.109. The third-order valence-corrected chi connectivity index (χ3v) is 4.14. The maximum atomic E-state index is 12.3. The summed E-state index contributed by atoms with van der Waals surface area (Å²) in [7, 11) is 0. The Morgan fingerprint density at radius 2 is 2.00 bits per heavy atom. The van der Waals surface area contributed by atoms with Crippen molar-refractivity contribution < 1.29 is 4.79 Å². The van der Waals surface area contributed by atoms with E-state index in [9.17, 15) is 4.79 Å². The second kappa shape index (κ2) is 7.22. The van der Waals surface area contributed by atoms with Crippen molar-refractivity contribution in [1.82, 2.24) is 4.90 Å². The first-order valence-corrected chi connectivity index (χ1v) is 7.69. The van der Waals surface area contributed by atoms with Crippen LogP contribution in [0.15, 0.2) is 47.8 Å². The minimum Gasteiger partial charge on any atom is -0.338 e. The van der Waals surface area contributed by atoms with Crippen LogP contribution in [0.5, 0.6) is 0 Å². The van der Waals surface area contributed by atoms with Crippen molar-refractivity contribution in [3.8, 4) is 0 Å². The molecule has 0 saturated heterocycles. The van der Waals surface area contributed by atoms with E-state index in [0.29, 0.717) is 19.5 Å². The summed E-state index contributed by atoms with van der Waals surface area (Å²) in [5, 5.41) is 2.03. The first-order valence-electron chi connectivity index (χ1n) is 6.81. The van der Waals surface area contributed by atoms with Crippen molar-refractivity contribution in [2.75, 3.05) is 6.54 Å². The molecule has 4 heteroatoms. The van der Waals surface area contributed by atoms with Crippen molar-refractivity contribution in [3.63, 3.8) is 0 Å². The Balaban J connectivity index is 1.95. The summed E-state index contributed by atoms with van der Waals surface area (Å²) in [5.41, 5.74) is 7.12. The lowest BCUT2D eigenvalue weighted by Crippen LogP contribution is -2.32. The molecule has 2 aromatic rings. The highest BCUT2D eigenvalue weighted by Gasteiger charge is 2.17. The lowest BCUT2D eigenvalue weighted by atomic mass is 10.0. The number of carbonyl (C=O) groups excluding carboxylic acids is 1. The van der Waals surface area contributed by atoms with Crippen molar-refractivity contribution in [1.29, 1.82) is 0 Å². The second-order valence-electron chi connectivity index (χ2n) is 4.71. The lowest BCUT2D eigenvalue weighted by molar-refractivity contribution is -0.132. The molecule has 0 spiro atoms. The topological polar surface area (TPSA) is 46.3 Å². The Kier molecular flexibility index (Phi) is 5.32. The Bertz CT molecular complexity index is 525. The maximum absolute atomic E-state index is 12.3. The van der Waals surface area contributed by atoms with Gasteiger partial charge in [0.15, 0.2) is 0 Å². The van der Waals surface area contributed by atoms with E-state index in [-0.39, 0.29) is 11.9 Å². The number of thiophene rings is 1. The third-order valence-electron chi connectivity index (χ3n) is 3.28. The zero-order chi connectivity index (χ0) is 14.4. The van der Waals surface area contributed by atoms with Gasteiger partial charge in [-0.1, -0.05) is 36.4 Å². The minimum atomic E-state index is -0.235. The van der Waals surface area contributed by atoms with Gasteiger partial charge in [0.05, 0.1) is 6.54 Å². The normalized spacial score (nSPS) is 12.1. The molecule has 1 aromatic carbocycles. The summed E-state index contributed by atoms with van der Waals surface area (Å²) >= 11 is 1.67. The van der Waals surface area contributed by atoms with Gasteiger partial charge in [0, 0.05) is 23.9 Å². The van der Waals surface area contributed by atoms with Crippen LogP contribution in [0.4, 0.5) is 0 Å². The first kappa shape index (κ1) is 14.8. The summed E-state index contributed by atoms with van der Waals surface area (Å²) < 4.78 is 0. The van der Waals surface area contributed by atoms with Crippen LogP contribution in [0.2, 0.25) is 0 Å². The van der Waals surface area contributed by atoms with E-state index in [1.54, 1.807) is 11.3 Å². The molecule has 0 fully saturated rings. The largest absolute Gasteiger partial charge is 0.338 e. The number of hydrogen-bond donors (Lipinski definition) is 1. The minimum absolute atomic E-state index is 0.109. The van der Waals surface area contributed by atoms with E-state index in [4.69, 9.17) is 5.73 Å². The van der Waals surface area contributed by atoms with Gasteiger partial charge >= 0.3 is 0 Å². The smallest absolute Gasteiger partial charge is 0.224 e. The fourth-order valence-electron chi connectivity index (χ4n) is 2.10. The highest BCUT2D eigenvalue weighted by molar-refractivity contribution is 7.09. The van der Waals surface area contributed by atoms with Crippen molar-refractivity contribution >= 4 is 17.2 Å². The number of carbonyl (C=O) groups is 1. The average molecular weight is 288 g/mol. The molecule has 0 saturated carbocycles. The average Bonchev–Trinajstić information content (AvgIpc) is 2.98. The van der Waals surface area contributed by atoms with E-state index >= 15 is 0 Å². The van der Waals surface area contributed by atoms with E-state index < -0.39 is 0 Å². The summed E-state index contributed by atoms with van der Waals surface area (Å²) in [6.45, 7) is 3.38. The molecule has 0 radical (unpaired) electrons. The number of amides is 1. The van der Waals surface area contributed by atoms with E-state index in [2.05, 4.69) is 6.07 Å². The summed E-state index contributed by atoms with van der Waals surface area (Å²) in [6.07, 6.45) is 0.350. The zero-order valence-electron chi connectivity index (χ0n) is 11.7. The quantitative estimate of drug-likeness (QED) is 0.887. The van der Waals surface area contributed by atoms with Crippen LogP contribution < -0.4 is 5.73 Å². The van der Waals surface area contributed by atoms with Crippen molar-refractivity contribution in [2.45, 2.75) is 25.9 Å². The van der Waals surface area contributed by atoms with Crippen LogP contribution >= 0.6 is 11.3 Å². The highest BCUT2D eigenvalue weighted by Crippen LogP contribution is 2.17. The van der Waals surface area contributed by atoms with Crippen LogP contribution in [-0.2, 0) is 11.3 Å². The molecular weight excluding hydrogens is 268 g/mol. The number of nitrogens with zero attached hydrogens (tertiary/aromatic N) is 1. The standard InChI is InChI=1S/C16H20N2OS/c1-2-18(12-14-9-6-10-20-14)16(19)11-15(17)13-7-4-3-5-8-13/h3-10,15H,2,11-12,17H2,1H3. The Morgan fingerprint density at radius 3 is 2.60 bits per heavy atom. The molecule has 0 aliphatic heterocycles. The molecule has 1 heterocycles. The van der Waals surface area contributed by atoms with Gasteiger partial charge in [0.25, 0.3) is 0 Å². The molecular formula is C16H20N2OS. The molecule has 3 nitrogen and oxygen atoms in total. The van der Waals surface area contributed by atoms with Gasteiger partial charge in [-0.15, -0.1) is 11.3 Å². The number of rotatable bonds is 6. The molecule has 1 atom stereocenters. The fourth-order valence-corrected chi connectivity index (χ4v) is 2.82. The van der Waals surface area contributed by atoms with E-state index in [0.717, 1.165) is 5.56 Å².